The van der Waals surface area contributed by atoms with Crippen molar-refractivity contribution in [3.8, 4) is 22.9 Å². The number of amides is 1. The summed E-state index contributed by atoms with van der Waals surface area (Å²) in [5, 5.41) is 40.5. The van der Waals surface area contributed by atoms with E-state index in [4.69, 9.17) is 24.8 Å². The number of halogens is 6. The van der Waals surface area contributed by atoms with Crippen molar-refractivity contribution in [2.45, 2.75) is 38.3 Å². The molecule has 2 atom stereocenters. The number of para-hydroxylation sites is 2. The standard InChI is InChI=1S/C19H17F3N4O3.C17H12F3N3O3.C3H9NO/c1-11(10-27)23-16(28)18-26-25-17(29-18)14-4-2-3-5-15(14)24-13-8-6-12(7-9-13)19(20,21)22;1-25-16(24)15-23-22-14(26-15)12-4-2-3-5-13(12)21-11-8-6-10(7-9-11)17(18,19)20;1-3(4)2-5/h2-9,11,24,27H,10H2,1H3,(H,23,28);2-9,21H,1H3;3,5H,2,4H2,1H3. The van der Waals surface area contributed by atoms with Crippen LogP contribution in [0.3, 0.4) is 0 Å². The molecule has 2 unspecified atom stereocenters. The van der Waals surface area contributed by atoms with Gasteiger partial charge in [-0.2, -0.15) is 26.3 Å². The number of benzene rings is 4. The average Bonchev–Trinajstić information content (AvgIpc) is 3.93. The van der Waals surface area contributed by atoms with Gasteiger partial charge in [0.05, 0.1) is 54.0 Å². The maximum absolute atomic E-state index is 12.7. The highest BCUT2D eigenvalue weighted by atomic mass is 19.4. The van der Waals surface area contributed by atoms with E-state index in [1.807, 2.05) is 0 Å². The Labute approximate surface area is 337 Å². The van der Waals surface area contributed by atoms with Crippen LogP contribution in [-0.2, 0) is 17.1 Å². The van der Waals surface area contributed by atoms with E-state index in [2.05, 4.69) is 41.1 Å². The minimum atomic E-state index is -4.41. The molecule has 6 rings (SSSR count). The summed E-state index contributed by atoms with van der Waals surface area (Å²) in [7, 11) is 1.19. The number of nitrogens with two attached hydrogens (primary N) is 1. The summed E-state index contributed by atoms with van der Waals surface area (Å²) < 4.78 is 91.2. The molecule has 0 aliphatic heterocycles. The van der Waals surface area contributed by atoms with E-state index in [0.29, 0.717) is 33.9 Å². The zero-order valence-corrected chi connectivity index (χ0v) is 31.9. The number of aliphatic hydroxyl groups is 2. The second-order valence-corrected chi connectivity index (χ2v) is 12.5. The van der Waals surface area contributed by atoms with E-state index in [0.717, 1.165) is 24.3 Å². The van der Waals surface area contributed by atoms with Crippen molar-refractivity contribution >= 4 is 34.6 Å². The molecule has 6 aromatic rings. The molecule has 0 aliphatic rings. The number of carbonyl (C=O) groups is 2. The molecule has 1 amide bonds. The van der Waals surface area contributed by atoms with Gasteiger partial charge >= 0.3 is 36.0 Å². The number of ether oxygens (including phenoxy) is 1. The SMILES string of the molecule is CC(CO)NC(=O)c1nnc(-c2ccccc2Nc2ccc(C(F)(F)F)cc2)o1.CC(N)CO.COC(=O)c1nnc(-c2ccccc2Nc2ccc(C(F)(F)F)cc2)o1. The smallest absolute Gasteiger partial charge is 0.416 e. The van der Waals surface area contributed by atoms with Gasteiger partial charge in [-0.3, -0.25) is 4.79 Å². The molecule has 60 heavy (non-hydrogen) atoms. The highest BCUT2D eigenvalue weighted by Gasteiger charge is 2.31. The summed E-state index contributed by atoms with van der Waals surface area (Å²) in [4.78, 5) is 23.4. The fourth-order valence-electron chi connectivity index (χ4n) is 4.61. The van der Waals surface area contributed by atoms with E-state index in [1.165, 1.54) is 31.4 Å². The summed E-state index contributed by atoms with van der Waals surface area (Å²) in [6, 6.07) is 22.2. The highest BCUT2D eigenvalue weighted by Crippen LogP contribution is 2.34. The number of esters is 1. The second kappa shape index (κ2) is 20.7. The Hall–Kier alpha value is -6.84. The molecular formula is C39H38F6N8O7. The van der Waals surface area contributed by atoms with Gasteiger partial charge in [0.15, 0.2) is 0 Å². The molecule has 0 saturated heterocycles. The Morgan fingerprint density at radius 1 is 0.667 bits per heavy atom. The van der Waals surface area contributed by atoms with Crippen molar-refractivity contribution < 1.29 is 59.7 Å². The van der Waals surface area contributed by atoms with Gasteiger partial charge in [-0.05, 0) is 86.6 Å². The monoisotopic (exact) mass is 844 g/mol. The maximum Gasteiger partial charge on any atom is 0.416 e. The number of nitrogens with one attached hydrogen (secondary N) is 3. The Morgan fingerprint density at radius 3 is 1.45 bits per heavy atom. The van der Waals surface area contributed by atoms with E-state index in [1.54, 1.807) is 62.4 Å². The van der Waals surface area contributed by atoms with Crippen molar-refractivity contribution in [2.24, 2.45) is 5.73 Å². The molecule has 0 saturated carbocycles. The highest BCUT2D eigenvalue weighted by molar-refractivity contribution is 5.90. The number of rotatable bonds is 11. The van der Waals surface area contributed by atoms with Crippen molar-refractivity contribution in [1.82, 2.24) is 25.7 Å². The minimum absolute atomic E-state index is 0.0572. The number of hydrogen-bond acceptors (Lipinski definition) is 14. The third-order valence-electron chi connectivity index (χ3n) is 7.64. The lowest BCUT2D eigenvalue weighted by molar-refractivity contribution is -0.138. The van der Waals surface area contributed by atoms with Gasteiger partial charge < -0.3 is 45.5 Å². The van der Waals surface area contributed by atoms with Crippen LogP contribution in [0.1, 0.15) is 46.3 Å². The van der Waals surface area contributed by atoms with Crippen LogP contribution in [0.4, 0.5) is 49.1 Å². The molecule has 0 aliphatic carbocycles. The zero-order valence-electron chi connectivity index (χ0n) is 31.9. The molecule has 7 N–H and O–H groups in total. The average molecular weight is 845 g/mol. The van der Waals surface area contributed by atoms with Gasteiger partial charge in [0, 0.05) is 23.5 Å². The molecular weight excluding hydrogens is 806 g/mol. The van der Waals surface area contributed by atoms with Crippen molar-refractivity contribution in [3.63, 3.8) is 0 Å². The predicted octanol–water partition coefficient (Wildman–Crippen LogP) is 7.22. The van der Waals surface area contributed by atoms with Crippen LogP contribution in [0.2, 0.25) is 0 Å². The van der Waals surface area contributed by atoms with Crippen LogP contribution in [0.25, 0.3) is 22.9 Å². The van der Waals surface area contributed by atoms with Crippen LogP contribution in [-0.4, -0.2) is 74.9 Å². The largest absolute Gasteiger partial charge is 0.462 e. The quantitative estimate of drug-likeness (QED) is 0.0560. The molecule has 0 bridgehead atoms. The molecule has 0 radical (unpaired) electrons. The topological polar surface area (TPSA) is 224 Å². The third-order valence-corrected chi connectivity index (χ3v) is 7.64. The summed E-state index contributed by atoms with van der Waals surface area (Å²) >= 11 is 0. The molecule has 21 heteroatoms. The van der Waals surface area contributed by atoms with E-state index < -0.39 is 41.4 Å². The van der Waals surface area contributed by atoms with E-state index in [-0.39, 0.29) is 42.8 Å². The summed E-state index contributed by atoms with van der Waals surface area (Å²) in [6.07, 6.45) is -8.81. The Balaban J connectivity index is 0.000000239. The summed E-state index contributed by atoms with van der Waals surface area (Å²) in [5.74, 6) is -1.84. The molecule has 15 nitrogen and oxygen atoms in total. The van der Waals surface area contributed by atoms with Gasteiger partial charge in [-0.1, -0.05) is 24.3 Å². The lowest BCUT2D eigenvalue weighted by atomic mass is 10.1. The van der Waals surface area contributed by atoms with Crippen LogP contribution in [0.5, 0.6) is 0 Å². The Kier molecular flexibility index (Phi) is 15.8. The predicted molar refractivity (Wildman–Crippen MR) is 205 cm³/mol. The molecule has 2 aromatic heterocycles. The number of nitrogens with zero attached hydrogens (tertiary/aromatic N) is 4. The number of methoxy groups -OCH3 is 1. The third kappa shape index (κ3) is 13.1. The Morgan fingerprint density at radius 2 is 1.07 bits per heavy atom. The van der Waals surface area contributed by atoms with Crippen LogP contribution in [0.15, 0.2) is 106 Å². The molecule has 0 spiro atoms. The number of carbonyl (C=O) groups excluding carboxylic acids is 2. The maximum atomic E-state index is 12.7. The molecule has 318 valence electrons. The van der Waals surface area contributed by atoms with Crippen molar-refractivity contribution in [1.29, 1.82) is 0 Å². The lowest BCUT2D eigenvalue weighted by Crippen LogP contribution is -2.35. The van der Waals surface area contributed by atoms with Gasteiger partial charge in [0.25, 0.3) is 5.89 Å². The van der Waals surface area contributed by atoms with Gasteiger partial charge in [0.2, 0.25) is 5.89 Å². The van der Waals surface area contributed by atoms with E-state index >= 15 is 0 Å². The lowest BCUT2D eigenvalue weighted by Gasteiger charge is -2.11. The number of hydrogen-bond donors (Lipinski definition) is 6. The molecule has 0 fully saturated rings. The minimum Gasteiger partial charge on any atom is -0.462 e. The zero-order chi connectivity index (χ0) is 44.0. The Bertz CT molecular complexity index is 2300. The van der Waals surface area contributed by atoms with Gasteiger partial charge in [0.1, 0.15) is 0 Å². The first-order chi connectivity index (χ1) is 28.4. The van der Waals surface area contributed by atoms with E-state index in [9.17, 15) is 35.9 Å². The van der Waals surface area contributed by atoms with Gasteiger partial charge in [-0.25, -0.2) is 4.79 Å². The fraction of sp³-hybridized carbons (Fsp3) is 0.231. The van der Waals surface area contributed by atoms with Crippen molar-refractivity contribution in [2.75, 3.05) is 31.0 Å². The van der Waals surface area contributed by atoms with Crippen molar-refractivity contribution in [3.05, 3.63) is 120 Å². The second-order valence-electron chi connectivity index (χ2n) is 12.5. The number of aliphatic hydroxyl groups excluding tert-OH is 2. The van der Waals surface area contributed by atoms with Crippen LogP contribution < -0.4 is 21.7 Å². The van der Waals surface area contributed by atoms with Crippen LogP contribution >= 0.6 is 0 Å². The summed E-state index contributed by atoms with van der Waals surface area (Å²) in [6.45, 7) is 3.20. The normalized spacial score (nSPS) is 12.1. The molecule has 2 heterocycles. The molecule has 4 aromatic carbocycles. The number of aromatic nitrogens is 4. The fourth-order valence-corrected chi connectivity index (χ4v) is 4.61. The summed E-state index contributed by atoms with van der Waals surface area (Å²) in [5.41, 5.74) is 6.40. The van der Waals surface area contributed by atoms with Gasteiger partial charge in [-0.15, -0.1) is 20.4 Å². The number of anilines is 4. The first-order valence-corrected chi connectivity index (χ1v) is 17.5. The first-order valence-electron chi connectivity index (χ1n) is 17.5. The van der Waals surface area contributed by atoms with Crippen LogP contribution in [0, 0.1) is 0 Å². The first kappa shape index (κ1) is 45.9. The number of alkyl halides is 6.